The fourth-order valence-corrected chi connectivity index (χ4v) is 4.69. The van der Waals surface area contributed by atoms with Crippen LogP contribution in [0.5, 0.6) is 5.75 Å². The van der Waals surface area contributed by atoms with Gasteiger partial charge in [0.15, 0.2) is 0 Å². The number of carboxylic acids is 1. The zero-order valence-corrected chi connectivity index (χ0v) is 31.3. The zero-order chi connectivity index (χ0) is 33.7. The van der Waals surface area contributed by atoms with E-state index in [4.69, 9.17) is 11.5 Å². The fourth-order valence-electron chi connectivity index (χ4n) is 4.22. The van der Waals surface area contributed by atoms with E-state index in [0.717, 1.165) is 23.3 Å². The van der Waals surface area contributed by atoms with Gasteiger partial charge in [-0.15, -0.1) is 10.2 Å². The van der Waals surface area contributed by atoms with Gasteiger partial charge in [-0.25, -0.2) is 8.42 Å². The number of aryl methyl sites for hydroxylation is 1. The maximum absolute atomic E-state index is 11.2. The van der Waals surface area contributed by atoms with Crippen LogP contribution in [0, 0.1) is 6.92 Å². The van der Waals surface area contributed by atoms with Crippen molar-refractivity contribution in [1.29, 1.82) is 0 Å². The first-order valence-electron chi connectivity index (χ1n) is 13.6. The first-order valence-corrected chi connectivity index (χ1v) is 15.0. The third-order valence-electron chi connectivity index (χ3n) is 6.70. The molecule has 0 atom stereocenters. The number of nitrogen functional groups attached to an aromatic ring is 2. The van der Waals surface area contributed by atoms with Crippen LogP contribution in [0.15, 0.2) is 133 Å². The van der Waals surface area contributed by atoms with Crippen molar-refractivity contribution in [3.63, 3.8) is 0 Å². The second-order valence-corrected chi connectivity index (χ2v) is 11.4. The number of carbonyl (C=O) groups is 1. The Kier molecular flexibility index (Phi) is 13.5. The number of hydrogen-bond acceptors (Lipinski definition) is 14. The monoisotopic (exact) mass is 694 g/mol. The summed E-state index contributed by atoms with van der Waals surface area (Å²) in [6.45, 7) is 1.56. The van der Waals surface area contributed by atoms with Gasteiger partial charge in [0.1, 0.15) is 27.2 Å². The van der Waals surface area contributed by atoms with Gasteiger partial charge in [0.25, 0.3) is 0 Å². The standard InChI is InChI=1S/C32H26N8O6S.2Na/c1-18-14-24(15-26(31(18)41)32(42)43)38-35-21-6-2-19(3-7-21)20-4-8-22(9-5-20)36-39-29-17-30(28(34)16-27(29)33)40-37-23-10-12-25(13-11-23)47(44,45)46;;/h2-17,41H,33-34H2,1H3,(H,42,43)(H,44,45,46);;/q;2*+1/p-2. The summed E-state index contributed by atoms with van der Waals surface area (Å²) in [4.78, 5) is 10.9. The smallest absolute Gasteiger partial charge is 0.744 e. The van der Waals surface area contributed by atoms with Crippen molar-refractivity contribution >= 4 is 61.6 Å². The molecule has 0 aromatic heterocycles. The van der Waals surface area contributed by atoms with Crippen LogP contribution < -0.4 is 75.7 Å². The summed E-state index contributed by atoms with van der Waals surface area (Å²) >= 11 is 0. The predicted molar refractivity (Wildman–Crippen MR) is 171 cm³/mol. The molecule has 5 aromatic rings. The number of anilines is 2. The number of carbonyl (C=O) groups excluding carboxylic acids is 1. The maximum atomic E-state index is 11.2. The molecule has 0 saturated carbocycles. The summed E-state index contributed by atoms with van der Waals surface area (Å²) in [6, 6.07) is 25.1. The molecule has 0 aliphatic rings. The van der Waals surface area contributed by atoms with Crippen LogP contribution >= 0.6 is 0 Å². The predicted octanol–water partition coefficient (Wildman–Crippen LogP) is 1.05. The fraction of sp³-hybridized carbons (Fsp3) is 0.0312. The second-order valence-electron chi connectivity index (χ2n) is 10.1. The van der Waals surface area contributed by atoms with Gasteiger partial charge in [-0.05, 0) is 96.4 Å². The second kappa shape index (κ2) is 16.9. The van der Waals surface area contributed by atoms with E-state index in [-0.39, 0.29) is 98.1 Å². The Bertz CT molecular complexity index is 2180. The molecule has 0 radical (unpaired) electrons. The Labute approximate surface area is 325 Å². The molecular weight excluding hydrogens is 670 g/mol. The Morgan fingerprint density at radius 1 is 0.633 bits per heavy atom. The minimum atomic E-state index is -4.57. The van der Waals surface area contributed by atoms with Gasteiger partial charge in [0.2, 0.25) is 0 Å². The zero-order valence-electron chi connectivity index (χ0n) is 26.5. The number of phenols is 1. The molecule has 0 bridgehead atoms. The van der Waals surface area contributed by atoms with E-state index in [1.54, 1.807) is 31.2 Å². The summed E-state index contributed by atoms with van der Waals surface area (Å²) in [5.74, 6) is -1.87. The molecule has 0 spiro atoms. The molecule has 5 N–H and O–H groups in total. The number of aromatic hydroxyl groups is 1. The van der Waals surface area contributed by atoms with Crippen LogP contribution in [-0.2, 0) is 10.1 Å². The van der Waals surface area contributed by atoms with E-state index in [2.05, 4.69) is 30.7 Å². The van der Waals surface area contributed by atoms with Crippen LogP contribution in [0.4, 0.5) is 45.5 Å². The molecule has 5 rings (SSSR count). The molecule has 0 fully saturated rings. The van der Waals surface area contributed by atoms with Gasteiger partial charge in [-0.3, -0.25) is 0 Å². The maximum Gasteiger partial charge on any atom is 1.00 e. The van der Waals surface area contributed by atoms with Crippen molar-refractivity contribution < 1.29 is 87.1 Å². The summed E-state index contributed by atoms with van der Waals surface area (Å²) in [5.41, 5.74) is 16.6. The summed E-state index contributed by atoms with van der Waals surface area (Å²) in [5, 5.41) is 45.9. The SMILES string of the molecule is Cc1cc(N=Nc2ccc(-c3ccc(N=Nc4cc(N=Nc5ccc(S(=O)(=O)[O-])cc5)c(N)cc4N)cc3)cc2)cc(C(=O)[O-])c1O.[Na+].[Na+]. The molecule has 5 aromatic carbocycles. The van der Waals surface area contributed by atoms with E-state index in [1.165, 1.54) is 36.4 Å². The first-order chi connectivity index (χ1) is 22.4. The van der Waals surface area contributed by atoms with E-state index in [1.807, 2.05) is 24.3 Å². The average molecular weight is 695 g/mol. The van der Waals surface area contributed by atoms with Crippen molar-refractivity contribution in [3.05, 3.63) is 108 Å². The summed E-state index contributed by atoms with van der Waals surface area (Å²) in [6.07, 6.45) is 0. The third-order valence-corrected chi connectivity index (χ3v) is 7.55. The van der Waals surface area contributed by atoms with Crippen LogP contribution in [0.1, 0.15) is 15.9 Å². The minimum Gasteiger partial charge on any atom is -0.744 e. The quantitative estimate of drug-likeness (QED) is 0.0869. The number of nitrogens with zero attached hydrogens (tertiary/aromatic N) is 6. The number of rotatable bonds is 9. The number of nitrogens with two attached hydrogens (primary N) is 2. The Balaban J connectivity index is 0.00000325. The van der Waals surface area contributed by atoms with Gasteiger partial charge >= 0.3 is 59.1 Å². The van der Waals surface area contributed by atoms with Crippen molar-refractivity contribution in [2.75, 3.05) is 11.5 Å². The van der Waals surface area contributed by atoms with E-state index < -0.39 is 16.1 Å². The topological polar surface area (TPSA) is 244 Å². The number of benzene rings is 5. The molecule has 0 aliphatic heterocycles. The molecule has 236 valence electrons. The van der Waals surface area contributed by atoms with Crippen molar-refractivity contribution in [1.82, 2.24) is 0 Å². The molecule has 17 heteroatoms. The molecule has 49 heavy (non-hydrogen) atoms. The van der Waals surface area contributed by atoms with E-state index in [9.17, 15) is 28.0 Å². The van der Waals surface area contributed by atoms with Crippen LogP contribution in [-0.4, -0.2) is 24.0 Å². The average Bonchev–Trinajstić information content (AvgIpc) is 3.04. The molecule has 0 unspecified atom stereocenters. The summed E-state index contributed by atoms with van der Waals surface area (Å²) < 4.78 is 33.3. The van der Waals surface area contributed by atoms with Crippen LogP contribution in [0.3, 0.4) is 0 Å². The largest absolute Gasteiger partial charge is 1.00 e. The number of azo groups is 3. The van der Waals surface area contributed by atoms with E-state index >= 15 is 0 Å². The van der Waals surface area contributed by atoms with Crippen molar-refractivity contribution in [2.45, 2.75) is 11.8 Å². The first kappa shape index (κ1) is 39.1. The molecule has 0 saturated heterocycles. The van der Waals surface area contributed by atoms with Crippen molar-refractivity contribution in [2.24, 2.45) is 30.7 Å². The Morgan fingerprint density at radius 2 is 1.04 bits per heavy atom. The Hall–Kier alpha value is -4.32. The van der Waals surface area contributed by atoms with Gasteiger partial charge in [0, 0.05) is 5.56 Å². The normalized spacial score (nSPS) is 11.5. The van der Waals surface area contributed by atoms with Gasteiger partial charge in [-0.2, -0.15) is 20.5 Å². The van der Waals surface area contributed by atoms with Crippen LogP contribution in [0.25, 0.3) is 11.1 Å². The van der Waals surface area contributed by atoms with Crippen molar-refractivity contribution in [3.8, 4) is 16.9 Å². The number of aromatic carboxylic acids is 1. The van der Waals surface area contributed by atoms with Crippen LogP contribution in [0.2, 0.25) is 0 Å². The molecule has 0 aliphatic carbocycles. The molecule has 0 amide bonds. The third kappa shape index (κ3) is 10.1. The number of hydrogen-bond donors (Lipinski definition) is 3. The molecular formula is C32H24N8Na2O6S. The van der Waals surface area contributed by atoms with Gasteiger partial charge in [0.05, 0.1) is 45.0 Å². The van der Waals surface area contributed by atoms with Gasteiger partial charge in [-0.1, -0.05) is 24.3 Å². The Morgan fingerprint density at radius 3 is 1.47 bits per heavy atom. The van der Waals surface area contributed by atoms with Gasteiger partial charge < -0.3 is 31.0 Å². The summed E-state index contributed by atoms with van der Waals surface area (Å²) in [7, 11) is -4.57. The molecule has 0 heterocycles. The molecule has 14 nitrogen and oxygen atoms in total. The number of carboxylic acid groups (broad SMARTS) is 1. The van der Waals surface area contributed by atoms with E-state index in [0.29, 0.717) is 28.3 Å². The minimum absolute atomic E-state index is 0.